The van der Waals surface area contributed by atoms with E-state index in [-0.39, 0.29) is 11.9 Å². The van der Waals surface area contributed by atoms with E-state index in [1.54, 1.807) is 4.90 Å². The van der Waals surface area contributed by atoms with Gasteiger partial charge in [-0.25, -0.2) is 8.78 Å². The minimum atomic E-state index is -0.603. The standard InChI is InChI=1S/C16H20F2N2O/c1-3-11(4-2)20-14(19-16(7-8-16)15(20)21)12-6-5-10(17)9-13(12)18/h5-6,9,11,14,19H,3-4,7-8H2,1-2H3. The molecule has 1 atom stereocenters. The number of halogens is 2. The Morgan fingerprint density at radius 1 is 1.33 bits per heavy atom. The molecule has 1 heterocycles. The van der Waals surface area contributed by atoms with Crippen LogP contribution < -0.4 is 5.32 Å². The third-order valence-electron chi connectivity index (χ3n) is 4.68. The molecule has 1 N–H and O–H groups in total. The Morgan fingerprint density at radius 2 is 2.00 bits per heavy atom. The Morgan fingerprint density at radius 3 is 2.52 bits per heavy atom. The van der Waals surface area contributed by atoms with Crippen molar-refractivity contribution in [1.82, 2.24) is 10.2 Å². The van der Waals surface area contributed by atoms with Crippen LogP contribution in [0.4, 0.5) is 8.78 Å². The number of hydrogen-bond donors (Lipinski definition) is 1. The van der Waals surface area contributed by atoms with Gasteiger partial charge >= 0.3 is 0 Å². The zero-order valence-corrected chi connectivity index (χ0v) is 12.3. The van der Waals surface area contributed by atoms with Crippen LogP contribution in [0.1, 0.15) is 51.3 Å². The second kappa shape index (κ2) is 5.05. The fourth-order valence-electron chi connectivity index (χ4n) is 3.25. The monoisotopic (exact) mass is 294 g/mol. The minimum Gasteiger partial charge on any atom is -0.318 e. The predicted molar refractivity (Wildman–Crippen MR) is 75.4 cm³/mol. The summed E-state index contributed by atoms with van der Waals surface area (Å²) in [5.41, 5.74) is -0.158. The summed E-state index contributed by atoms with van der Waals surface area (Å²) < 4.78 is 27.3. The lowest BCUT2D eigenvalue weighted by Gasteiger charge is -2.32. The van der Waals surface area contributed by atoms with E-state index in [4.69, 9.17) is 0 Å². The van der Waals surface area contributed by atoms with Crippen LogP contribution in [-0.4, -0.2) is 22.4 Å². The molecule has 3 rings (SSSR count). The summed E-state index contributed by atoms with van der Waals surface area (Å²) in [7, 11) is 0. The molecule has 1 unspecified atom stereocenters. The SMILES string of the molecule is CCC(CC)N1C(=O)C2(CC2)NC1c1ccc(F)cc1F. The first-order valence-corrected chi connectivity index (χ1v) is 7.58. The third kappa shape index (κ3) is 2.24. The maximum absolute atomic E-state index is 14.1. The second-order valence-corrected chi connectivity index (χ2v) is 5.98. The largest absolute Gasteiger partial charge is 0.318 e. The zero-order valence-electron chi connectivity index (χ0n) is 12.3. The van der Waals surface area contributed by atoms with Crippen LogP contribution >= 0.6 is 0 Å². The van der Waals surface area contributed by atoms with Crippen molar-refractivity contribution in [3.8, 4) is 0 Å². The van der Waals surface area contributed by atoms with Gasteiger partial charge < -0.3 is 4.90 Å². The summed E-state index contributed by atoms with van der Waals surface area (Å²) in [5, 5.41) is 3.28. The van der Waals surface area contributed by atoms with Gasteiger partial charge in [0.05, 0.1) is 0 Å². The first kappa shape index (κ1) is 14.4. The van der Waals surface area contributed by atoms with Gasteiger partial charge in [-0.3, -0.25) is 10.1 Å². The van der Waals surface area contributed by atoms with Gasteiger partial charge in [0.15, 0.2) is 0 Å². The van der Waals surface area contributed by atoms with Crippen LogP contribution in [0.15, 0.2) is 18.2 Å². The lowest BCUT2D eigenvalue weighted by atomic mass is 10.1. The summed E-state index contributed by atoms with van der Waals surface area (Å²) in [6.45, 7) is 4.05. The molecule has 5 heteroatoms. The Kier molecular flexibility index (Phi) is 3.48. The predicted octanol–water partition coefficient (Wildman–Crippen LogP) is 3.12. The lowest BCUT2D eigenvalue weighted by molar-refractivity contribution is -0.133. The average molecular weight is 294 g/mol. The van der Waals surface area contributed by atoms with Crippen LogP contribution in [0.3, 0.4) is 0 Å². The molecule has 0 bridgehead atoms. The summed E-state index contributed by atoms with van der Waals surface area (Å²) in [6, 6.07) is 3.63. The number of nitrogens with one attached hydrogen (secondary N) is 1. The molecule has 3 nitrogen and oxygen atoms in total. The quantitative estimate of drug-likeness (QED) is 0.925. The van der Waals surface area contributed by atoms with Gasteiger partial charge in [-0.2, -0.15) is 0 Å². The summed E-state index contributed by atoms with van der Waals surface area (Å²) in [5.74, 6) is -1.14. The Bertz CT molecular complexity index is 567. The van der Waals surface area contributed by atoms with Crippen molar-refractivity contribution in [3.05, 3.63) is 35.4 Å². The molecule has 114 valence electrons. The molecule has 1 saturated heterocycles. The van der Waals surface area contributed by atoms with Crippen molar-refractivity contribution in [1.29, 1.82) is 0 Å². The molecule has 21 heavy (non-hydrogen) atoms. The molecule has 1 aromatic carbocycles. The number of hydrogen-bond acceptors (Lipinski definition) is 2. The number of carbonyl (C=O) groups is 1. The molecule has 1 saturated carbocycles. The zero-order chi connectivity index (χ0) is 15.2. The Balaban J connectivity index is 2.00. The smallest absolute Gasteiger partial charge is 0.244 e. The van der Waals surface area contributed by atoms with E-state index in [0.717, 1.165) is 31.7 Å². The molecular formula is C16H20F2N2O. The van der Waals surface area contributed by atoms with Crippen molar-refractivity contribution >= 4 is 5.91 Å². The van der Waals surface area contributed by atoms with Crippen molar-refractivity contribution in [2.45, 2.75) is 57.3 Å². The molecule has 1 aliphatic carbocycles. The number of rotatable bonds is 4. The lowest BCUT2D eigenvalue weighted by Crippen LogP contribution is -2.40. The number of benzene rings is 1. The maximum Gasteiger partial charge on any atom is 0.244 e. The first-order valence-electron chi connectivity index (χ1n) is 7.58. The van der Waals surface area contributed by atoms with Crippen LogP contribution in [0.25, 0.3) is 0 Å². The molecular weight excluding hydrogens is 274 g/mol. The molecule has 1 aromatic rings. The normalized spacial score (nSPS) is 23.4. The highest BCUT2D eigenvalue weighted by molar-refractivity contribution is 5.92. The summed E-state index contributed by atoms with van der Waals surface area (Å²) in [4.78, 5) is 14.4. The number of nitrogens with zero attached hydrogens (tertiary/aromatic N) is 1. The summed E-state index contributed by atoms with van der Waals surface area (Å²) in [6.07, 6.45) is 2.73. The van der Waals surface area contributed by atoms with Gasteiger partial charge in [-0.1, -0.05) is 13.8 Å². The van der Waals surface area contributed by atoms with Gasteiger partial charge in [0.1, 0.15) is 23.3 Å². The molecule has 2 aliphatic rings. The van der Waals surface area contributed by atoms with Crippen LogP contribution in [0.5, 0.6) is 0 Å². The summed E-state index contributed by atoms with van der Waals surface area (Å²) >= 11 is 0. The molecule has 2 fully saturated rings. The molecule has 1 amide bonds. The van der Waals surface area contributed by atoms with Crippen LogP contribution in [0.2, 0.25) is 0 Å². The van der Waals surface area contributed by atoms with Crippen molar-refractivity contribution in [3.63, 3.8) is 0 Å². The van der Waals surface area contributed by atoms with E-state index in [2.05, 4.69) is 5.32 Å². The molecule has 1 aliphatic heterocycles. The van der Waals surface area contributed by atoms with Crippen molar-refractivity contribution < 1.29 is 13.6 Å². The molecule has 0 radical (unpaired) electrons. The third-order valence-corrected chi connectivity index (χ3v) is 4.68. The minimum absolute atomic E-state index is 0.0601. The number of carbonyl (C=O) groups excluding carboxylic acids is 1. The van der Waals surface area contributed by atoms with E-state index in [9.17, 15) is 13.6 Å². The van der Waals surface area contributed by atoms with Crippen LogP contribution in [0, 0.1) is 11.6 Å². The topological polar surface area (TPSA) is 32.3 Å². The van der Waals surface area contributed by atoms with Gasteiger partial charge in [0.2, 0.25) is 5.91 Å². The Hall–Kier alpha value is -1.49. The van der Waals surface area contributed by atoms with Gasteiger partial charge in [0.25, 0.3) is 0 Å². The van der Waals surface area contributed by atoms with E-state index in [1.165, 1.54) is 12.1 Å². The molecule has 1 spiro atoms. The van der Waals surface area contributed by atoms with E-state index < -0.39 is 23.3 Å². The van der Waals surface area contributed by atoms with Crippen molar-refractivity contribution in [2.24, 2.45) is 0 Å². The van der Waals surface area contributed by atoms with E-state index in [0.29, 0.717) is 5.56 Å². The van der Waals surface area contributed by atoms with Crippen molar-refractivity contribution in [2.75, 3.05) is 0 Å². The van der Waals surface area contributed by atoms with Gasteiger partial charge in [0, 0.05) is 17.7 Å². The Labute approximate surface area is 123 Å². The highest BCUT2D eigenvalue weighted by Crippen LogP contribution is 2.47. The number of amides is 1. The van der Waals surface area contributed by atoms with E-state index >= 15 is 0 Å². The highest BCUT2D eigenvalue weighted by Gasteiger charge is 2.60. The molecule has 0 aromatic heterocycles. The second-order valence-electron chi connectivity index (χ2n) is 5.98. The maximum atomic E-state index is 14.1. The van der Waals surface area contributed by atoms with Crippen LogP contribution in [-0.2, 0) is 4.79 Å². The highest BCUT2D eigenvalue weighted by atomic mass is 19.1. The fraction of sp³-hybridized carbons (Fsp3) is 0.562. The van der Waals surface area contributed by atoms with Gasteiger partial charge in [-0.05, 0) is 37.8 Å². The van der Waals surface area contributed by atoms with Gasteiger partial charge in [-0.15, -0.1) is 0 Å². The first-order chi connectivity index (χ1) is 10.0. The fourth-order valence-corrected chi connectivity index (χ4v) is 3.25. The average Bonchev–Trinajstić information content (AvgIpc) is 3.18. The van der Waals surface area contributed by atoms with E-state index in [1.807, 2.05) is 13.8 Å².